The zero-order valence-corrected chi connectivity index (χ0v) is 15.6. The zero-order chi connectivity index (χ0) is 16.6. The Morgan fingerprint density at radius 2 is 1.83 bits per heavy atom. The van der Waals surface area contributed by atoms with Crippen molar-refractivity contribution < 1.29 is 4.74 Å². The summed E-state index contributed by atoms with van der Waals surface area (Å²) < 4.78 is 5.54. The summed E-state index contributed by atoms with van der Waals surface area (Å²) in [6.45, 7) is 7.08. The molecule has 0 aromatic carbocycles. The molecule has 1 heterocycles. The fourth-order valence-electron chi connectivity index (χ4n) is 6.40. The maximum atomic E-state index is 5.54. The molecule has 5 rings (SSSR count). The lowest BCUT2D eigenvalue weighted by Crippen LogP contribution is -2.48. The summed E-state index contributed by atoms with van der Waals surface area (Å²) in [5.41, 5.74) is 0.534. The Kier molecular flexibility index (Phi) is 4.77. The fourth-order valence-corrected chi connectivity index (χ4v) is 6.40. The first-order valence-electron chi connectivity index (χ1n) is 10.2. The van der Waals surface area contributed by atoms with Gasteiger partial charge in [0.25, 0.3) is 0 Å². The smallest absolute Gasteiger partial charge is 0.193 e. The van der Waals surface area contributed by atoms with Crippen LogP contribution in [0.25, 0.3) is 0 Å². The van der Waals surface area contributed by atoms with E-state index in [0.29, 0.717) is 11.3 Å². The quantitative estimate of drug-likeness (QED) is 0.620. The summed E-state index contributed by atoms with van der Waals surface area (Å²) in [4.78, 5) is 7.47. The van der Waals surface area contributed by atoms with Crippen LogP contribution in [-0.4, -0.2) is 50.8 Å². The molecule has 0 aromatic heterocycles. The number of guanidine groups is 1. The van der Waals surface area contributed by atoms with Crippen LogP contribution < -0.4 is 5.32 Å². The third-order valence-corrected chi connectivity index (χ3v) is 6.98. The lowest BCUT2D eigenvalue weighted by atomic mass is 9.49. The third-order valence-electron chi connectivity index (χ3n) is 6.98. The fraction of sp³-hybridized carbons (Fsp3) is 0.950. The van der Waals surface area contributed by atoms with E-state index in [1.807, 2.05) is 0 Å². The molecule has 1 N–H and O–H groups in total. The highest BCUT2D eigenvalue weighted by molar-refractivity contribution is 5.79. The summed E-state index contributed by atoms with van der Waals surface area (Å²) in [6, 6.07) is 0. The topological polar surface area (TPSA) is 36.9 Å². The van der Waals surface area contributed by atoms with Crippen molar-refractivity contribution in [1.29, 1.82) is 0 Å². The molecule has 5 aliphatic rings. The van der Waals surface area contributed by atoms with Gasteiger partial charge < -0.3 is 15.0 Å². The minimum Gasteiger partial charge on any atom is -0.381 e. The first kappa shape index (κ1) is 16.7. The minimum absolute atomic E-state index is 0.534. The van der Waals surface area contributed by atoms with Crippen molar-refractivity contribution in [1.82, 2.24) is 10.2 Å². The van der Waals surface area contributed by atoms with Crippen molar-refractivity contribution in [2.24, 2.45) is 34.1 Å². The molecule has 4 saturated carbocycles. The monoisotopic (exact) mass is 333 g/mol. The van der Waals surface area contributed by atoms with Crippen molar-refractivity contribution in [3.8, 4) is 0 Å². The van der Waals surface area contributed by atoms with Crippen LogP contribution in [0.4, 0.5) is 0 Å². The van der Waals surface area contributed by atoms with Crippen LogP contribution in [0.1, 0.15) is 51.9 Å². The first-order valence-corrected chi connectivity index (χ1v) is 10.2. The van der Waals surface area contributed by atoms with Crippen molar-refractivity contribution in [2.45, 2.75) is 51.9 Å². The van der Waals surface area contributed by atoms with Crippen LogP contribution in [0.3, 0.4) is 0 Å². The molecule has 4 heteroatoms. The summed E-state index contributed by atoms with van der Waals surface area (Å²) in [7, 11) is 2.19. The van der Waals surface area contributed by atoms with Crippen LogP contribution in [0.5, 0.6) is 0 Å². The van der Waals surface area contributed by atoms with Gasteiger partial charge in [-0.05, 0) is 75.0 Å². The van der Waals surface area contributed by atoms with E-state index in [2.05, 4.69) is 24.2 Å². The Balaban J connectivity index is 1.41. The van der Waals surface area contributed by atoms with E-state index in [4.69, 9.17) is 9.73 Å². The molecule has 1 unspecified atom stereocenters. The van der Waals surface area contributed by atoms with Crippen LogP contribution in [-0.2, 0) is 4.74 Å². The molecule has 0 aromatic rings. The molecule has 1 saturated heterocycles. The molecule has 24 heavy (non-hydrogen) atoms. The predicted molar refractivity (Wildman–Crippen MR) is 98.1 cm³/mol. The lowest BCUT2D eigenvalue weighted by molar-refractivity contribution is -0.0466. The van der Waals surface area contributed by atoms with Crippen molar-refractivity contribution in [3.05, 3.63) is 0 Å². The number of nitrogens with zero attached hydrogens (tertiary/aromatic N) is 2. The highest BCUT2D eigenvalue weighted by Crippen LogP contribution is 2.60. The molecule has 5 fully saturated rings. The van der Waals surface area contributed by atoms with E-state index in [-0.39, 0.29) is 0 Å². The zero-order valence-electron chi connectivity index (χ0n) is 15.6. The van der Waals surface area contributed by atoms with Crippen molar-refractivity contribution >= 4 is 5.96 Å². The van der Waals surface area contributed by atoms with Gasteiger partial charge in [-0.2, -0.15) is 0 Å². The Morgan fingerprint density at radius 3 is 2.38 bits per heavy atom. The van der Waals surface area contributed by atoms with Gasteiger partial charge in [-0.1, -0.05) is 0 Å². The van der Waals surface area contributed by atoms with Gasteiger partial charge in [0.2, 0.25) is 0 Å². The SMILES string of the molecule is CCNC(=NCC12CC3CC(CC(C3)C1)C2)N(C)CC1CCOC1. The Labute approximate surface area is 147 Å². The van der Waals surface area contributed by atoms with E-state index in [1.54, 1.807) is 0 Å². The number of aliphatic imine (C=N–C) groups is 1. The molecule has 0 spiro atoms. The summed E-state index contributed by atoms with van der Waals surface area (Å²) in [5, 5.41) is 3.52. The second-order valence-corrected chi connectivity index (χ2v) is 9.20. The number of hydrogen-bond donors (Lipinski definition) is 1. The van der Waals surface area contributed by atoms with Crippen LogP contribution in [0.15, 0.2) is 4.99 Å². The molecule has 1 atom stereocenters. The number of hydrogen-bond acceptors (Lipinski definition) is 2. The Hall–Kier alpha value is -0.770. The van der Waals surface area contributed by atoms with Gasteiger partial charge in [0.15, 0.2) is 5.96 Å². The predicted octanol–water partition coefficient (Wildman–Crippen LogP) is 3.14. The first-order chi connectivity index (χ1) is 11.7. The highest BCUT2D eigenvalue weighted by atomic mass is 16.5. The van der Waals surface area contributed by atoms with Crippen molar-refractivity contribution in [2.75, 3.05) is 39.9 Å². The van der Waals surface area contributed by atoms with Gasteiger partial charge in [-0.25, -0.2) is 0 Å². The highest BCUT2D eigenvalue weighted by Gasteiger charge is 2.50. The second kappa shape index (κ2) is 6.86. The number of ether oxygens (including phenoxy) is 1. The Bertz CT molecular complexity index is 434. The molecular formula is C20H35N3O. The molecule has 0 radical (unpaired) electrons. The normalized spacial score (nSPS) is 41.0. The van der Waals surface area contributed by atoms with Gasteiger partial charge in [-0.3, -0.25) is 4.99 Å². The van der Waals surface area contributed by atoms with Gasteiger partial charge >= 0.3 is 0 Å². The van der Waals surface area contributed by atoms with Crippen molar-refractivity contribution in [3.63, 3.8) is 0 Å². The van der Waals surface area contributed by atoms with E-state index >= 15 is 0 Å². The van der Waals surface area contributed by atoms with Crippen LogP contribution in [0.2, 0.25) is 0 Å². The van der Waals surface area contributed by atoms with Gasteiger partial charge in [-0.15, -0.1) is 0 Å². The minimum atomic E-state index is 0.534. The van der Waals surface area contributed by atoms with E-state index in [1.165, 1.54) is 44.9 Å². The molecule has 136 valence electrons. The molecule has 4 bridgehead atoms. The van der Waals surface area contributed by atoms with Crippen LogP contribution >= 0.6 is 0 Å². The number of nitrogens with one attached hydrogen (secondary N) is 1. The summed E-state index contributed by atoms with van der Waals surface area (Å²) >= 11 is 0. The summed E-state index contributed by atoms with van der Waals surface area (Å²) in [5.74, 6) is 4.82. The molecule has 4 nitrogen and oxygen atoms in total. The van der Waals surface area contributed by atoms with Crippen LogP contribution in [0, 0.1) is 29.1 Å². The summed E-state index contributed by atoms with van der Waals surface area (Å²) in [6.07, 6.45) is 10.1. The van der Waals surface area contributed by atoms with E-state index in [0.717, 1.165) is 56.6 Å². The second-order valence-electron chi connectivity index (χ2n) is 9.20. The lowest BCUT2D eigenvalue weighted by Gasteiger charge is -2.56. The third kappa shape index (κ3) is 3.44. The molecular weight excluding hydrogens is 298 g/mol. The molecule has 1 aliphatic heterocycles. The molecule has 4 aliphatic carbocycles. The average molecular weight is 334 g/mol. The van der Waals surface area contributed by atoms with E-state index < -0.39 is 0 Å². The average Bonchev–Trinajstić information content (AvgIpc) is 3.03. The standard InChI is InChI=1S/C20H35N3O/c1-3-21-19(23(2)12-15-4-5-24-13-15)22-14-20-9-16-6-17(10-20)8-18(7-16)11-20/h15-18H,3-14H2,1-2H3,(H,21,22). The van der Waals surface area contributed by atoms with Gasteiger partial charge in [0.05, 0.1) is 6.61 Å². The van der Waals surface area contributed by atoms with Gasteiger partial charge in [0, 0.05) is 39.2 Å². The van der Waals surface area contributed by atoms with Gasteiger partial charge in [0.1, 0.15) is 0 Å². The molecule has 0 amide bonds. The van der Waals surface area contributed by atoms with E-state index in [9.17, 15) is 0 Å². The maximum Gasteiger partial charge on any atom is 0.193 e. The Morgan fingerprint density at radius 1 is 1.17 bits per heavy atom. The largest absolute Gasteiger partial charge is 0.381 e. The number of rotatable bonds is 5. The maximum absolute atomic E-state index is 5.54.